The molecule has 0 bridgehead atoms. The number of aromatic amines is 1. The first-order valence-corrected chi connectivity index (χ1v) is 9.99. The van der Waals surface area contributed by atoms with E-state index < -0.39 is 0 Å². The van der Waals surface area contributed by atoms with Crippen LogP contribution in [0.2, 0.25) is 0 Å². The molecule has 29 heavy (non-hydrogen) atoms. The summed E-state index contributed by atoms with van der Waals surface area (Å²) in [6, 6.07) is 8.47. The van der Waals surface area contributed by atoms with Gasteiger partial charge in [0.15, 0.2) is 5.65 Å². The Kier molecular flexibility index (Phi) is 4.62. The van der Waals surface area contributed by atoms with E-state index in [1.54, 1.807) is 12.4 Å². The smallest absolute Gasteiger partial charge is 0.156 e. The SMILES string of the molecule is N#CCC1(N2CCCC(Nc3ncccc3-c3cnc4[nH]ccc4n3)C2)COC1. The third kappa shape index (κ3) is 3.33. The summed E-state index contributed by atoms with van der Waals surface area (Å²) in [5.41, 5.74) is 3.24. The predicted molar refractivity (Wildman–Crippen MR) is 109 cm³/mol. The minimum Gasteiger partial charge on any atom is -0.377 e. The number of nitrogens with one attached hydrogen (secondary N) is 2. The molecule has 5 heterocycles. The highest BCUT2D eigenvalue weighted by atomic mass is 16.5. The maximum Gasteiger partial charge on any atom is 0.156 e. The highest BCUT2D eigenvalue weighted by molar-refractivity contribution is 5.78. The summed E-state index contributed by atoms with van der Waals surface area (Å²) in [5, 5.41) is 12.9. The summed E-state index contributed by atoms with van der Waals surface area (Å²) in [4.78, 5) is 19.3. The van der Waals surface area contributed by atoms with Gasteiger partial charge in [-0.05, 0) is 37.6 Å². The quantitative estimate of drug-likeness (QED) is 0.691. The molecule has 0 aliphatic carbocycles. The number of aromatic nitrogens is 4. The summed E-state index contributed by atoms with van der Waals surface area (Å²) in [5.74, 6) is 0.822. The summed E-state index contributed by atoms with van der Waals surface area (Å²) in [6.45, 7) is 3.18. The van der Waals surface area contributed by atoms with Crippen molar-refractivity contribution in [2.75, 3.05) is 31.6 Å². The number of H-pyrrole nitrogens is 1. The standard InChI is InChI=1S/C21H23N7O/c22-7-6-21(13-29-14-21)28-10-2-3-15(12-28)26-19-16(4-1-8-23-19)18-11-25-20-17(27-18)5-9-24-20/h1,4-5,8-9,11,15H,2-3,6,10,12-14H2,(H,23,26)(H,24,25). The van der Waals surface area contributed by atoms with Gasteiger partial charge in [0.2, 0.25) is 0 Å². The minimum absolute atomic E-state index is 0.118. The number of nitriles is 1. The van der Waals surface area contributed by atoms with Crippen molar-refractivity contribution in [1.82, 2.24) is 24.8 Å². The largest absolute Gasteiger partial charge is 0.377 e. The van der Waals surface area contributed by atoms with E-state index in [9.17, 15) is 5.26 Å². The molecule has 0 spiro atoms. The van der Waals surface area contributed by atoms with E-state index in [0.717, 1.165) is 54.2 Å². The zero-order valence-corrected chi connectivity index (χ0v) is 16.1. The van der Waals surface area contributed by atoms with E-state index >= 15 is 0 Å². The van der Waals surface area contributed by atoms with Crippen molar-refractivity contribution in [1.29, 1.82) is 5.26 Å². The summed E-state index contributed by atoms with van der Waals surface area (Å²) < 4.78 is 5.46. The average molecular weight is 389 g/mol. The lowest BCUT2D eigenvalue weighted by Gasteiger charge is -2.51. The van der Waals surface area contributed by atoms with Gasteiger partial charge in [0, 0.05) is 30.5 Å². The number of hydrogen-bond donors (Lipinski definition) is 2. The molecular weight excluding hydrogens is 366 g/mol. The van der Waals surface area contributed by atoms with E-state index in [1.807, 2.05) is 24.4 Å². The van der Waals surface area contributed by atoms with E-state index in [0.29, 0.717) is 19.6 Å². The van der Waals surface area contributed by atoms with Crippen LogP contribution in [0.5, 0.6) is 0 Å². The number of pyridine rings is 1. The number of nitrogens with zero attached hydrogens (tertiary/aromatic N) is 5. The van der Waals surface area contributed by atoms with Gasteiger partial charge in [0.05, 0.1) is 43.1 Å². The lowest BCUT2D eigenvalue weighted by Crippen LogP contribution is -2.65. The fraction of sp³-hybridized carbons (Fsp3) is 0.429. The molecule has 2 aliphatic rings. The second kappa shape index (κ2) is 7.43. The third-order valence-corrected chi connectivity index (χ3v) is 5.93. The van der Waals surface area contributed by atoms with Crippen LogP contribution in [0.1, 0.15) is 19.3 Å². The number of likely N-dealkylation sites (tertiary alicyclic amines) is 1. The van der Waals surface area contributed by atoms with Gasteiger partial charge in [-0.3, -0.25) is 4.90 Å². The van der Waals surface area contributed by atoms with Gasteiger partial charge in [-0.2, -0.15) is 5.26 Å². The molecule has 1 unspecified atom stereocenters. The van der Waals surface area contributed by atoms with Gasteiger partial charge in [-0.15, -0.1) is 0 Å². The molecule has 2 fully saturated rings. The maximum atomic E-state index is 9.25. The normalized spacial score (nSPS) is 21.4. The summed E-state index contributed by atoms with van der Waals surface area (Å²) in [6.07, 6.45) is 8.09. The Morgan fingerprint density at radius 1 is 1.34 bits per heavy atom. The fourth-order valence-electron chi connectivity index (χ4n) is 4.29. The number of ether oxygens (including phenoxy) is 1. The molecule has 8 heteroatoms. The van der Waals surface area contributed by atoms with Crippen LogP contribution >= 0.6 is 0 Å². The second-order valence-corrected chi connectivity index (χ2v) is 7.85. The van der Waals surface area contributed by atoms with Gasteiger partial charge < -0.3 is 15.0 Å². The van der Waals surface area contributed by atoms with Crippen LogP contribution in [0.25, 0.3) is 22.4 Å². The van der Waals surface area contributed by atoms with Crippen molar-refractivity contribution < 1.29 is 4.74 Å². The van der Waals surface area contributed by atoms with Gasteiger partial charge in [0.1, 0.15) is 11.3 Å². The number of fused-ring (bicyclic) bond motifs is 1. The molecule has 0 saturated carbocycles. The Bertz CT molecular complexity index is 1050. The fourth-order valence-corrected chi connectivity index (χ4v) is 4.29. The zero-order valence-electron chi connectivity index (χ0n) is 16.1. The first-order valence-electron chi connectivity index (χ1n) is 9.99. The molecule has 2 saturated heterocycles. The van der Waals surface area contributed by atoms with Crippen LogP contribution in [0.15, 0.2) is 36.8 Å². The van der Waals surface area contributed by atoms with Crippen LogP contribution in [-0.2, 0) is 4.74 Å². The van der Waals surface area contributed by atoms with Gasteiger partial charge >= 0.3 is 0 Å². The Balaban J connectivity index is 1.37. The van der Waals surface area contributed by atoms with Crippen LogP contribution in [0, 0.1) is 11.3 Å². The second-order valence-electron chi connectivity index (χ2n) is 7.85. The van der Waals surface area contributed by atoms with Crippen molar-refractivity contribution in [3.05, 3.63) is 36.8 Å². The monoisotopic (exact) mass is 389 g/mol. The Labute approximate surface area is 168 Å². The third-order valence-electron chi connectivity index (χ3n) is 5.93. The Morgan fingerprint density at radius 2 is 2.28 bits per heavy atom. The average Bonchev–Trinajstić information content (AvgIpc) is 3.19. The van der Waals surface area contributed by atoms with Crippen molar-refractivity contribution >= 4 is 17.0 Å². The molecule has 2 N–H and O–H groups in total. The highest BCUT2D eigenvalue weighted by Crippen LogP contribution is 2.33. The lowest BCUT2D eigenvalue weighted by atomic mass is 9.88. The minimum atomic E-state index is -0.118. The van der Waals surface area contributed by atoms with E-state index in [4.69, 9.17) is 9.72 Å². The van der Waals surface area contributed by atoms with Crippen molar-refractivity contribution in [3.63, 3.8) is 0 Å². The first kappa shape index (κ1) is 18.0. The van der Waals surface area contributed by atoms with Crippen LogP contribution < -0.4 is 5.32 Å². The number of piperidine rings is 1. The highest BCUT2D eigenvalue weighted by Gasteiger charge is 2.45. The van der Waals surface area contributed by atoms with Crippen LogP contribution in [-0.4, -0.2) is 62.7 Å². The van der Waals surface area contributed by atoms with Crippen molar-refractivity contribution in [3.8, 4) is 17.3 Å². The van der Waals surface area contributed by atoms with Crippen molar-refractivity contribution in [2.24, 2.45) is 0 Å². The van der Waals surface area contributed by atoms with Gasteiger partial charge in [0.25, 0.3) is 0 Å². The molecule has 8 nitrogen and oxygen atoms in total. The first-order chi connectivity index (χ1) is 14.3. The molecule has 2 aliphatic heterocycles. The molecule has 0 amide bonds. The van der Waals surface area contributed by atoms with E-state index in [2.05, 4.69) is 31.2 Å². The molecule has 0 radical (unpaired) electrons. The molecule has 0 aromatic carbocycles. The Hall–Kier alpha value is -3.02. The molecule has 3 aromatic heterocycles. The molecule has 1 atom stereocenters. The maximum absolute atomic E-state index is 9.25. The lowest BCUT2D eigenvalue weighted by molar-refractivity contribution is -0.143. The van der Waals surface area contributed by atoms with E-state index in [-0.39, 0.29) is 11.6 Å². The van der Waals surface area contributed by atoms with Crippen LogP contribution in [0.3, 0.4) is 0 Å². The number of anilines is 1. The molecule has 3 aromatic rings. The van der Waals surface area contributed by atoms with Gasteiger partial charge in [-0.1, -0.05) is 0 Å². The van der Waals surface area contributed by atoms with Gasteiger partial charge in [-0.25, -0.2) is 15.0 Å². The predicted octanol–water partition coefficient (Wildman–Crippen LogP) is 2.58. The zero-order chi connectivity index (χ0) is 19.7. The van der Waals surface area contributed by atoms with Crippen LogP contribution in [0.4, 0.5) is 5.82 Å². The molecule has 148 valence electrons. The Morgan fingerprint density at radius 3 is 3.10 bits per heavy atom. The topological polar surface area (TPSA) is 103 Å². The summed E-state index contributed by atoms with van der Waals surface area (Å²) in [7, 11) is 0. The van der Waals surface area contributed by atoms with E-state index in [1.165, 1.54) is 0 Å². The number of rotatable bonds is 5. The van der Waals surface area contributed by atoms with Crippen molar-refractivity contribution in [2.45, 2.75) is 30.8 Å². The molecule has 5 rings (SSSR count). The molecular formula is C21H23N7O. The number of hydrogen-bond acceptors (Lipinski definition) is 7. The summed E-state index contributed by atoms with van der Waals surface area (Å²) >= 11 is 0.